The third-order valence-corrected chi connectivity index (χ3v) is 5.15. The molecule has 4 rings (SSSR count). The van der Waals surface area contributed by atoms with E-state index in [-0.39, 0.29) is 0 Å². The van der Waals surface area contributed by atoms with Crippen molar-refractivity contribution in [2.45, 2.75) is 36.2 Å². The number of imidazole rings is 1. The van der Waals surface area contributed by atoms with E-state index in [1.165, 1.54) is 41.2 Å². The van der Waals surface area contributed by atoms with Gasteiger partial charge in [-0.2, -0.15) is 0 Å². The summed E-state index contributed by atoms with van der Waals surface area (Å²) in [6, 6.07) is 2.18. The molecule has 118 valence electrons. The Morgan fingerprint density at radius 3 is 2.87 bits per heavy atom. The zero-order valence-electron chi connectivity index (χ0n) is 13.0. The number of aryl methyl sites for hydroxylation is 1. The third kappa shape index (κ3) is 2.31. The van der Waals surface area contributed by atoms with Crippen LogP contribution in [0, 0.1) is 6.92 Å². The number of hydrogen-bond acceptors (Lipinski definition) is 6. The Morgan fingerprint density at radius 1 is 1.26 bits per heavy atom. The highest BCUT2D eigenvalue weighted by molar-refractivity contribution is 7.99. The molecular weight excluding hydrogens is 310 g/mol. The van der Waals surface area contributed by atoms with Crippen molar-refractivity contribution in [1.82, 2.24) is 19.9 Å². The van der Waals surface area contributed by atoms with E-state index in [2.05, 4.69) is 32.9 Å². The Kier molecular flexibility index (Phi) is 3.37. The number of benzene rings is 1. The Hall–Kier alpha value is -2.28. The standard InChI is InChI=1S/C16H17N5OS/c1-8-6-11(13(22-2)10-5-3-4-9(8)10)23-16-20-12-14(17)18-7-19-15(12)21-16/h6-7H,3-5H2,1-2H3,(H3,17,18,19,20,21). The summed E-state index contributed by atoms with van der Waals surface area (Å²) >= 11 is 1.54. The van der Waals surface area contributed by atoms with Crippen molar-refractivity contribution >= 4 is 28.7 Å². The molecule has 2 aromatic heterocycles. The molecule has 3 aromatic rings. The predicted octanol–water partition coefficient (Wildman–Crippen LogP) is 2.89. The van der Waals surface area contributed by atoms with E-state index < -0.39 is 0 Å². The summed E-state index contributed by atoms with van der Waals surface area (Å²) in [7, 11) is 1.73. The molecule has 1 aliphatic carbocycles. The van der Waals surface area contributed by atoms with Gasteiger partial charge in [-0.25, -0.2) is 15.0 Å². The predicted molar refractivity (Wildman–Crippen MR) is 90.0 cm³/mol. The normalized spacial score (nSPS) is 13.5. The van der Waals surface area contributed by atoms with Crippen LogP contribution in [0.3, 0.4) is 0 Å². The number of nitrogens with one attached hydrogen (secondary N) is 1. The molecule has 7 heteroatoms. The Bertz CT molecular complexity index is 905. The van der Waals surface area contributed by atoms with Crippen LogP contribution in [0.1, 0.15) is 23.1 Å². The van der Waals surface area contributed by atoms with Crippen molar-refractivity contribution in [3.05, 3.63) is 29.1 Å². The first-order valence-corrected chi connectivity index (χ1v) is 8.32. The van der Waals surface area contributed by atoms with Gasteiger partial charge in [0.05, 0.1) is 12.0 Å². The fourth-order valence-corrected chi connectivity index (χ4v) is 4.23. The van der Waals surface area contributed by atoms with E-state index in [1.54, 1.807) is 7.11 Å². The van der Waals surface area contributed by atoms with Crippen LogP contribution in [-0.2, 0) is 12.8 Å². The molecule has 2 heterocycles. The lowest BCUT2D eigenvalue weighted by Gasteiger charge is -2.14. The zero-order chi connectivity index (χ0) is 16.0. The van der Waals surface area contributed by atoms with Crippen LogP contribution in [0.2, 0.25) is 0 Å². The lowest BCUT2D eigenvalue weighted by Crippen LogP contribution is -1.96. The van der Waals surface area contributed by atoms with Gasteiger partial charge in [0.2, 0.25) is 0 Å². The fraction of sp³-hybridized carbons (Fsp3) is 0.312. The quantitative estimate of drug-likeness (QED) is 0.769. The van der Waals surface area contributed by atoms with Crippen LogP contribution < -0.4 is 10.5 Å². The highest BCUT2D eigenvalue weighted by Crippen LogP contribution is 2.42. The summed E-state index contributed by atoms with van der Waals surface area (Å²) in [5, 5.41) is 0.739. The summed E-state index contributed by atoms with van der Waals surface area (Å²) in [5.41, 5.74) is 11.2. The molecule has 0 saturated heterocycles. The maximum Gasteiger partial charge on any atom is 0.172 e. The molecule has 1 aliphatic rings. The molecule has 23 heavy (non-hydrogen) atoms. The number of H-pyrrole nitrogens is 1. The number of methoxy groups -OCH3 is 1. The fourth-order valence-electron chi connectivity index (χ4n) is 3.20. The topological polar surface area (TPSA) is 89.7 Å². The number of hydrogen-bond donors (Lipinski definition) is 2. The first-order valence-electron chi connectivity index (χ1n) is 7.50. The monoisotopic (exact) mass is 327 g/mol. The second-order valence-electron chi connectivity index (χ2n) is 5.64. The van der Waals surface area contributed by atoms with Gasteiger partial charge in [-0.3, -0.25) is 0 Å². The van der Waals surface area contributed by atoms with Crippen molar-refractivity contribution in [2.75, 3.05) is 12.8 Å². The number of nitrogens with two attached hydrogens (primary N) is 1. The number of ether oxygens (including phenoxy) is 1. The maximum absolute atomic E-state index is 5.85. The second kappa shape index (κ2) is 5.42. The molecular formula is C16H17N5OS. The van der Waals surface area contributed by atoms with Crippen molar-refractivity contribution in [3.63, 3.8) is 0 Å². The maximum atomic E-state index is 5.85. The van der Waals surface area contributed by atoms with Crippen LogP contribution in [-0.4, -0.2) is 27.0 Å². The second-order valence-corrected chi connectivity index (χ2v) is 6.67. The van der Waals surface area contributed by atoms with Crippen LogP contribution in [0.4, 0.5) is 5.82 Å². The van der Waals surface area contributed by atoms with Crippen molar-refractivity contribution in [3.8, 4) is 5.75 Å². The number of aromatic amines is 1. The van der Waals surface area contributed by atoms with Gasteiger partial charge in [0.25, 0.3) is 0 Å². The SMILES string of the molecule is COc1c(Sc2nc3c(N)ncnc3[nH]2)cc(C)c2c1CCC2. The molecule has 0 amide bonds. The van der Waals surface area contributed by atoms with Crippen molar-refractivity contribution in [1.29, 1.82) is 0 Å². The molecule has 0 radical (unpaired) electrons. The number of aromatic nitrogens is 4. The van der Waals surface area contributed by atoms with Crippen molar-refractivity contribution in [2.24, 2.45) is 0 Å². The van der Waals surface area contributed by atoms with Gasteiger partial charge in [-0.05, 0) is 60.7 Å². The minimum absolute atomic E-state index is 0.384. The average molecular weight is 327 g/mol. The molecule has 0 unspecified atom stereocenters. The van der Waals surface area contributed by atoms with Crippen LogP contribution in [0.25, 0.3) is 11.2 Å². The highest BCUT2D eigenvalue weighted by Gasteiger charge is 2.22. The smallest absolute Gasteiger partial charge is 0.172 e. The molecule has 0 bridgehead atoms. The van der Waals surface area contributed by atoms with Gasteiger partial charge in [-0.1, -0.05) is 0 Å². The summed E-state index contributed by atoms with van der Waals surface area (Å²) in [5.74, 6) is 1.35. The van der Waals surface area contributed by atoms with E-state index in [0.29, 0.717) is 17.0 Å². The summed E-state index contributed by atoms with van der Waals surface area (Å²) < 4.78 is 5.70. The van der Waals surface area contributed by atoms with Gasteiger partial charge in [0.15, 0.2) is 22.1 Å². The van der Waals surface area contributed by atoms with E-state index in [4.69, 9.17) is 10.5 Å². The Morgan fingerprint density at radius 2 is 2.09 bits per heavy atom. The van der Waals surface area contributed by atoms with Gasteiger partial charge in [0.1, 0.15) is 12.1 Å². The van der Waals surface area contributed by atoms with Crippen LogP contribution in [0.15, 0.2) is 22.4 Å². The molecule has 0 spiro atoms. The Labute approximate surface area is 137 Å². The average Bonchev–Trinajstić information content (AvgIpc) is 3.15. The van der Waals surface area contributed by atoms with Crippen LogP contribution in [0.5, 0.6) is 5.75 Å². The molecule has 1 aromatic carbocycles. The molecule has 6 nitrogen and oxygen atoms in total. The van der Waals surface area contributed by atoms with E-state index in [0.717, 1.165) is 28.6 Å². The molecule has 0 atom stereocenters. The first kappa shape index (κ1) is 14.3. The largest absolute Gasteiger partial charge is 0.495 e. The number of nitrogen functional groups attached to an aromatic ring is 1. The minimum atomic E-state index is 0.384. The van der Waals surface area contributed by atoms with Gasteiger partial charge in [-0.15, -0.1) is 0 Å². The molecule has 3 N–H and O–H groups in total. The van der Waals surface area contributed by atoms with Gasteiger partial charge >= 0.3 is 0 Å². The lowest BCUT2D eigenvalue weighted by molar-refractivity contribution is 0.400. The zero-order valence-corrected chi connectivity index (χ0v) is 13.8. The summed E-state index contributed by atoms with van der Waals surface area (Å²) in [6.07, 6.45) is 4.84. The van der Waals surface area contributed by atoms with Gasteiger partial charge < -0.3 is 15.5 Å². The minimum Gasteiger partial charge on any atom is -0.495 e. The number of rotatable bonds is 3. The first-order chi connectivity index (χ1) is 11.2. The van der Waals surface area contributed by atoms with Crippen molar-refractivity contribution < 1.29 is 4.74 Å². The third-order valence-electron chi connectivity index (χ3n) is 4.24. The lowest BCUT2D eigenvalue weighted by atomic mass is 10.0. The van der Waals surface area contributed by atoms with Crippen LogP contribution >= 0.6 is 11.8 Å². The number of anilines is 1. The molecule has 0 saturated carbocycles. The van der Waals surface area contributed by atoms with E-state index >= 15 is 0 Å². The highest BCUT2D eigenvalue weighted by atomic mass is 32.2. The van der Waals surface area contributed by atoms with E-state index in [1.807, 2.05) is 0 Å². The summed E-state index contributed by atoms with van der Waals surface area (Å²) in [6.45, 7) is 2.16. The number of fused-ring (bicyclic) bond motifs is 2. The number of nitrogens with zero attached hydrogens (tertiary/aromatic N) is 3. The Balaban J connectivity index is 1.78. The van der Waals surface area contributed by atoms with Gasteiger partial charge in [0, 0.05) is 0 Å². The summed E-state index contributed by atoms with van der Waals surface area (Å²) in [4.78, 5) is 16.9. The molecule has 0 aliphatic heterocycles. The van der Waals surface area contributed by atoms with E-state index in [9.17, 15) is 0 Å². The molecule has 0 fully saturated rings.